The maximum Gasteiger partial charge on any atom is 0.264 e. The third-order valence-electron chi connectivity index (χ3n) is 8.84. The van der Waals surface area contributed by atoms with Crippen LogP contribution in [0.5, 0.6) is 5.75 Å². The zero-order valence-corrected chi connectivity index (χ0v) is 28.9. The number of aryl methyl sites for hydroxylation is 1. The minimum Gasteiger partial charge on any atom is -0.492 e. The first-order chi connectivity index (χ1) is 23.7. The Hall–Kier alpha value is -4.70. The predicted octanol–water partition coefficient (Wildman–Crippen LogP) is 6.82. The van der Waals surface area contributed by atoms with E-state index in [4.69, 9.17) is 4.74 Å². The Morgan fingerprint density at radius 3 is 2.22 bits per heavy atom. The van der Waals surface area contributed by atoms with Gasteiger partial charge in [-0.25, -0.2) is 12.8 Å². The first-order valence-corrected chi connectivity index (χ1v) is 18.3. The molecule has 1 atom stereocenters. The van der Waals surface area contributed by atoms with Gasteiger partial charge in [-0.2, -0.15) is 0 Å². The van der Waals surface area contributed by atoms with Crippen LogP contribution in [0.15, 0.2) is 108 Å². The lowest BCUT2D eigenvalue weighted by Crippen LogP contribution is -2.55. The fourth-order valence-electron chi connectivity index (χ4n) is 6.20. The summed E-state index contributed by atoms with van der Waals surface area (Å²) in [6.45, 7) is 3.01. The third-order valence-corrected chi connectivity index (χ3v) is 10.6. The van der Waals surface area contributed by atoms with Gasteiger partial charge in [-0.3, -0.25) is 13.9 Å². The molecule has 10 heteroatoms. The number of ether oxygens (including phenoxy) is 1. The van der Waals surface area contributed by atoms with Crippen molar-refractivity contribution < 1.29 is 27.1 Å². The van der Waals surface area contributed by atoms with Crippen LogP contribution in [-0.2, 0) is 32.6 Å². The highest BCUT2D eigenvalue weighted by atomic mass is 32.2. The monoisotopic (exact) mass is 685 g/mol. The molecule has 1 aliphatic carbocycles. The number of halogens is 1. The number of sulfonamides is 1. The summed E-state index contributed by atoms with van der Waals surface area (Å²) in [4.78, 5) is 30.3. The predicted molar refractivity (Wildman–Crippen MR) is 189 cm³/mol. The topological polar surface area (TPSA) is 96.0 Å². The van der Waals surface area contributed by atoms with Crippen molar-refractivity contribution in [3.63, 3.8) is 0 Å². The average Bonchev–Trinajstić information content (AvgIpc) is 3.11. The number of nitrogens with one attached hydrogen (secondary N) is 1. The molecule has 2 amide bonds. The molecule has 0 aliphatic heterocycles. The van der Waals surface area contributed by atoms with Crippen LogP contribution in [0.4, 0.5) is 10.1 Å². The molecule has 8 nitrogen and oxygen atoms in total. The van der Waals surface area contributed by atoms with Gasteiger partial charge >= 0.3 is 0 Å². The molecule has 258 valence electrons. The third kappa shape index (κ3) is 9.06. The number of rotatable bonds is 14. The minimum absolute atomic E-state index is 0.00580. The summed E-state index contributed by atoms with van der Waals surface area (Å²) in [6.07, 6.45) is 4.92. The van der Waals surface area contributed by atoms with E-state index in [-0.39, 0.29) is 53.4 Å². The molecule has 0 saturated heterocycles. The lowest BCUT2D eigenvalue weighted by molar-refractivity contribution is -0.140. The van der Waals surface area contributed by atoms with Crippen molar-refractivity contribution in [2.24, 2.45) is 0 Å². The van der Waals surface area contributed by atoms with Crippen LogP contribution in [0.1, 0.15) is 55.7 Å². The molecule has 0 radical (unpaired) electrons. The van der Waals surface area contributed by atoms with Gasteiger partial charge < -0.3 is 15.0 Å². The Kier molecular flexibility index (Phi) is 12.1. The summed E-state index contributed by atoms with van der Waals surface area (Å²) in [5.41, 5.74) is 2.07. The summed E-state index contributed by atoms with van der Waals surface area (Å²) < 4.78 is 50.9. The molecule has 1 N–H and O–H groups in total. The maximum absolute atomic E-state index is 15.2. The van der Waals surface area contributed by atoms with Gasteiger partial charge in [0.25, 0.3) is 10.0 Å². The molecule has 49 heavy (non-hydrogen) atoms. The highest BCUT2D eigenvalue weighted by molar-refractivity contribution is 7.92. The molecule has 5 rings (SSSR count). The van der Waals surface area contributed by atoms with Crippen LogP contribution < -0.4 is 14.4 Å². The largest absolute Gasteiger partial charge is 0.492 e. The number of carbonyl (C=O) groups is 2. The summed E-state index contributed by atoms with van der Waals surface area (Å²) in [7, 11) is -4.32. The van der Waals surface area contributed by atoms with E-state index in [9.17, 15) is 18.0 Å². The van der Waals surface area contributed by atoms with Gasteiger partial charge in [0.1, 0.15) is 24.2 Å². The number of hydrogen-bond donors (Lipinski definition) is 1. The second kappa shape index (κ2) is 16.6. The standard InChI is InChI=1S/C39H44FN3O5S/c1-3-48-37-21-13-12-20-35(37)43(49(46,47)33-24-22-29(2)23-25-33)28-38(44)42(27-31-16-10-11-19-34(31)40)36(26-30-14-6-4-7-15-30)39(45)41-32-17-8-5-9-18-32/h4,6-7,10-16,19-25,32,36H,3,5,8-9,17-18,26-28H2,1-2H3,(H,41,45). The van der Waals surface area contributed by atoms with Crippen LogP contribution in [0, 0.1) is 12.7 Å². The van der Waals surface area contributed by atoms with Gasteiger partial charge in [0.15, 0.2) is 0 Å². The van der Waals surface area contributed by atoms with E-state index < -0.39 is 34.3 Å². The number of benzene rings is 4. The molecule has 1 aliphatic rings. The van der Waals surface area contributed by atoms with Crippen molar-refractivity contribution >= 4 is 27.5 Å². The van der Waals surface area contributed by atoms with E-state index >= 15 is 4.39 Å². The Labute approximate surface area is 289 Å². The Morgan fingerprint density at radius 2 is 1.53 bits per heavy atom. The van der Waals surface area contributed by atoms with Gasteiger partial charge in [0.05, 0.1) is 17.2 Å². The molecule has 0 bridgehead atoms. The average molecular weight is 686 g/mol. The van der Waals surface area contributed by atoms with E-state index in [1.807, 2.05) is 37.3 Å². The quantitative estimate of drug-likeness (QED) is 0.157. The van der Waals surface area contributed by atoms with Crippen LogP contribution in [-0.4, -0.2) is 50.4 Å². The summed E-state index contributed by atoms with van der Waals surface area (Å²) in [5.74, 6) is -1.27. The van der Waals surface area contributed by atoms with Crippen molar-refractivity contribution in [3.8, 4) is 5.75 Å². The van der Waals surface area contributed by atoms with Crippen molar-refractivity contribution in [1.82, 2.24) is 10.2 Å². The number of hydrogen-bond acceptors (Lipinski definition) is 5. The first-order valence-electron chi connectivity index (χ1n) is 16.9. The van der Waals surface area contributed by atoms with E-state index in [1.165, 1.54) is 23.1 Å². The summed E-state index contributed by atoms with van der Waals surface area (Å²) in [5, 5.41) is 3.17. The van der Waals surface area contributed by atoms with E-state index in [1.54, 1.807) is 61.5 Å². The first kappa shape index (κ1) is 35.6. The summed E-state index contributed by atoms with van der Waals surface area (Å²) in [6, 6.07) is 27.3. The van der Waals surface area contributed by atoms with Gasteiger partial charge in [0.2, 0.25) is 11.8 Å². The number of anilines is 1. The second-order valence-electron chi connectivity index (χ2n) is 12.4. The lowest BCUT2D eigenvalue weighted by atomic mass is 9.94. The second-order valence-corrected chi connectivity index (χ2v) is 14.2. The Bertz CT molecular complexity index is 1810. The minimum atomic E-state index is -4.32. The fraction of sp³-hybridized carbons (Fsp3) is 0.333. The molecule has 1 fully saturated rings. The molecule has 0 spiro atoms. The van der Waals surface area contributed by atoms with E-state index in [0.29, 0.717) is 0 Å². The Morgan fingerprint density at radius 1 is 0.878 bits per heavy atom. The molecular weight excluding hydrogens is 642 g/mol. The number of carbonyl (C=O) groups excluding carboxylic acids is 2. The van der Waals surface area contributed by atoms with Crippen LogP contribution in [0.2, 0.25) is 0 Å². The SMILES string of the molecule is CCOc1ccccc1N(CC(=O)N(Cc1ccccc1F)C(Cc1ccccc1)C(=O)NC1CCCCC1)S(=O)(=O)c1ccc(C)cc1. The number of para-hydroxylation sites is 2. The van der Waals surface area contributed by atoms with E-state index in [2.05, 4.69) is 5.32 Å². The van der Waals surface area contributed by atoms with Crippen molar-refractivity contribution in [2.75, 3.05) is 17.5 Å². The van der Waals surface area contributed by atoms with Crippen molar-refractivity contribution in [2.45, 2.75) is 75.9 Å². The zero-order valence-electron chi connectivity index (χ0n) is 28.1. The normalized spacial score (nSPS) is 14.1. The molecule has 1 saturated carbocycles. The molecule has 0 aromatic heterocycles. The van der Waals surface area contributed by atoms with Gasteiger partial charge in [0, 0.05) is 24.6 Å². The van der Waals surface area contributed by atoms with Crippen molar-refractivity contribution in [3.05, 3.63) is 126 Å². The Balaban J connectivity index is 1.60. The molecule has 0 heterocycles. The maximum atomic E-state index is 15.2. The van der Waals surface area contributed by atoms with Crippen LogP contribution in [0.3, 0.4) is 0 Å². The van der Waals surface area contributed by atoms with Crippen LogP contribution in [0.25, 0.3) is 0 Å². The highest BCUT2D eigenvalue weighted by Crippen LogP contribution is 2.33. The smallest absolute Gasteiger partial charge is 0.264 e. The molecule has 4 aromatic carbocycles. The fourth-order valence-corrected chi connectivity index (χ4v) is 7.62. The van der Waals surface area contributed by atoms with Gasteiger partial charge in [-0.15, -0.1) is 0 Å². The van der Waals surface area contributed by atoms with Gasteiger partial charge in [-0.05, 0) is 62.6 Å². The highest BCUT2D eigenvalue weighted by Gasteiger charge is 2.36. The van der Waals surface area contributed by atoms with Gasteiger partial charge in [-0.1, -0.05) is 97.6 Å². The van der Waals surface area contributed by atoms with Crippen LogP contribution >= 0.6 is 0 Å². The van der Waals surface area contributed by atoms with Crippen molar-refractivity contribution in [1.29, 1.82) is 0 Å². The summed E-state index contributed by atoms with van der Waals surface area (Å²) >= 11 is 0. The molecular formula is C39H44FN3O5S. The lowest BCUT2D eigenvalue weighted by Gasteiger charge is -2.35. The number of nitrogens with zero attached hydrogens (tertiary/aromatic N) is 2. The zero-order chi connectivity index (χ0) is 34.8. The number of amides is 2. The van der Waals surface area contributed by atoms with E-state index in [0.717, 1.165) is 47.5 Å². The molecule has 1 unspecified atom stereocenters. The molecule has 4 aromatic rings.